The van der Waals surface area contributed by atoms with E-state index in [9.17, 15) is 5.11 Å². The van der Waals surface area contributed by atoms with Crippen molar-refractivity contribution < 1.29 is 19.3 Å². The monoisotopic (exact) mass is 339 g/mol. The number of rotatable bonds is 5. The van der Waals surface area contributed by atoms with E-state index in [1.165, 1.54) is 0 Å². The molecule has 5 nitrogen and oxygen atoms in total. The molecule has 1 N–H and O–H groups in total. The van der Waals surface area contributed by atoms with Crippen LogP contribution in [0.15, 0.2) is 34.9 Å². The molecule has 2 rings (SSSR count). The Morgan fingerprint density at radius 2 is 1.65 bits per heavy atom. The summed E-state index contributed by atoms with van der Waals surface area (Å²) in [7, 11) is 3.13. The molecule has 0 unspecified atom stereocenters. The molecule has 106 valence electrons. The Labute approximate surface area is 125 Å². The predicted octanol–water partition coefficient (Wildman–Crippen LogP) is 3.15. The first-order valence-corrected chi connectivity index (χ1v) is 6.61. The minimum Gasteiger partial charge on any atom is -0.496 e. The summed E-state index contributed by atoms with van der Waals surface area (Å²) >= 11 is 3.30. The van der Waals surface area contributed by atoms with Gasteiger partial charge in [0.1, 0.15) is 17.2 Å². The van der Waals surface area contributed by atoms with Crippen molar-refractivity contribution in [2.24, 2.45) is 0 Å². The van der Waals surface area contributed by atoms with Gasteiger partial charge in [0.2, 0.25) is 5.88 Å². The van der Waals surface area contributed by atoms with E-state index in [0.29, 0.717) is 28.7 Å². The fraction of sp³-hybridized carbons (Fsp3) is 0.214. The normalized spacial score (nSPS) is 10.2. The molecule has 0 aliphatic carbocycles. The zero-order valence-electron chi connectivity index (χ0n) is 11.1. The standard InChI is InChI=1S/C14H14BrNO4/c1-18-11-4-12(19-2)6-13(5-11)20-14-9(8-17)3-10(15)7-16-14/h3-7,17H,8H2,1-2H3. The first kappa shape index (κ1) is 14.6. The maximum absolute atomic E-state index is 9.33. The van der Waals surface area contributed by atoms with Gasteiger partial charge in [-0.15, -0.1) is 0 Å². The van der Waals surface area contributed by atoms with Crippen LogP contribution in [0.5, 0.6) is 23.1 Å². The highest BCUT2D eigenvalue weighted by atomic mass is 79.9. The molecule has 0 aliphatic heterocycles. The van der Waals surface area contributed by atoms with Gasteiger partial charge >= 0.3 is 0 Å². The number of benzene rings is 1. The maximum atomic E-state index is 9.33. The average molecular weight is 340 g/mol. The van der Waals surface area contributed by atoms with Crippen molar-refractivity contribution >= 4 is 15.9 Å². The molecule has 0 saturated heterocycles. The van der Waals surface area contributed by atoms with Gasteiger partial charge in [-0.25, -0.2) is 4.98 Å². The summed E-state index contributed by atoms with van der Waals surface area (Å²) in [6.45, 7) is -0.164. The second-order valence-corrected chi connectivity index (χ2v) is 4.84. The topological polar surface area (TPSA) is 60.8 Å². The molecule has 0 saturated carbocycles. The zero-order valence-corrected chi connectivity index (χ0v) is 12.7. The molecule has 1 aromatic heterocycles. The lowest BCUT2D eigenvalue weighted by molar-refractivity contribution is 0.274. The van der Waals surface area contributed by atoms with Crippen LogP contribution in [0.3, 0.4) is 0 Å². The molecule has 0 atom stereocenters. The van der Waals surface area contributed by atoms with Gasteiger partial charge in [-0.1, -0.05) is 0 Å². The lowest BCUT2D eigenvalue weighted by Crippen LogP contribution is -1.96. The largest absolute Gasteiger partial charge is 0.496 e. The van der Waals surface area contributed by atoms with Gasteiger partial charge in [0, 0.05) is 34.4 Å². The van der Waals surface area contributed by atoms with Crippen LogP contribution in [0.1, 0.15) is 5.56 Å². The minimum atomic E-state index is -0.164. The molecule has 0 fully saturated rings. The van der Waals surface area contributed by atoms with Crippen LogP contribution in [0.2, 0.25) is 0 Å². The Morgan fingerprint density at radius 3 is 2.20 bits per heavy atom. The summed E-state index contributed by atoms with van der Waals surface area (Å²) in [5, 5.41) is 9.33. The van der Waals surface area contributed by atoms with Crippen LogP contribution in [-0.2, 0) is 6.61 Å². The van der Waals surface area contributed by atoms with Crippen LogP contribution in [0, 0.1) is 0 Å². The fourth-order valence-electron chi connectivity index (χ4n) is 1.63. The summed E-state index contributed by atoms with van der Waals surface area (Å²) in [6.07, 6.45) is 1.60. The summed E-state index contributed by atoms with van der Waals surface area (Å²) < 4.78 is 16.8. The van der Waals surface area contributed by atoms with E-state index in [1.807, 2.05) is 0 Å². The first-order valence-electron chi connectivity index (χ1n) is 5.82. The first-order chi connectivity index (χ1) is 9.66. The molecular weight excluding hydrogens is 326 g/mol. The van der Waals surface area contributed by atoms with Gasteiger partial charge in [0.15, 0.2) is 0 Å². The van der Waals surface area contributed by atoms with Gasteiger partial charge < -0.3 is 19.3 Å². The fourth-order valence-corrected chi connectivity index (χ4v) is 2.00. The lowest BCUT2D eigenvalue weighted by atomic mass is 10.3. The molecule has 0 radical (unpaired) electrons. The Bertz CT molecular complexity index is 581. The van der Waals surface area contributed by atoms with Crippen LogP contribution in [-0.4, -0.2) is 24.3 Å². The summed E-state index contributed by atoms with van der Waals surface area (Å²) in [6, 6.07) is 6.93. The predicted molar refractivity (Wildman–Crippen MR) is 77.5 cm³/mol. The zero-order chi connectivity index (χ0) is 14.5. The van der Waals surface area contributed by atoms with Gasteiger partial charge in [-0.05, 0) is 22.0 Å². The number of ether oxygens (including phenoxy) is 3. The molecule has 1 aromatic carbocycles. The molecule has 0 aliphatic rings. The van der Waals surface area contributed by atoms with E-state index in [0.717, 1.165) is 4.47 Å². The Kier molecular flexibility index (Phi) is 4.81. The number of nitrogens with zero attached hydrogens (tertiary/aromatic N) is 1. The quantitative estimate of drug-likeness (QED) is 0.906. The third kappa shape index (κ3) is 3.40. The van der Waals surface area contributed by atoms with Crippen LogP contribution in [0.25, 0.3) is 0 Å². The number of aliphatic hydroxyl groups excluding tert-OH is 1. The second-order valence-electron chi connectivity index (χ2n) is 3.93. The molecule has 0 spiro atoms. The highest BCUT2D eigenvalue weighted by molar-refractivity contribution is 9.10. The van der Waals surface area contributed by atoms with E-state index in [1.54, 1.807) is 44.7 Å². The van der Waals surface area contributed by atoms with Crippen molar-refractivity contribution in [3.8, 4) is 23.1 Å². The number of aliphatic hydroxyl groups is 1. The molecule has 2 aromatic rings. The Morgan fingerprint density at radius 1 is 1.05 bits per heavy atom. The summed E-state index contributed by atoms with van der Waals surface area (Å²) in [5.41, 5.74) is 0.584. The molecule has 6 heteroatoms. The number of aromatic nitrogens is 1. The average Bonchev–Trinajstić information content (AvgIpc) is 2.48. The summed E-state index contributed by atoms with van der Waals surface area (Å²) in [4.78, 5) is 4.14. The number of methoxy groups -OCH3 is 2. The molecule has 1 heterocycles. The van der Waals surface area contributed by atoms with Crippen molar-refractivity contribution in [2.75, 3.05) is 14.2 Å². The van der Waals surface area contributed by atoms with E-state index in [4.69, 9.17) is 14.2 Å². The number of hydrogen-bond donors (Lipinski definition) is 1. The van der Waals surface area contributed by atoms with Gasteiger partial charge in [0.25, 0.3) is 0 Å². The van der Waals surface area contributed by atoms with E-state index >= 15 is 0 Å². The highest BCUT2D eigenvalue weighted by Gasteiger charge is 2.09. The Hall–Kier alpha value is -1.79. The number of pyridine rings is 1. The van der Waals surface area contributed by atoms with Crippen molar-refractivity contribution in [3.63, 3.8) is 0 Å². The van der Waals surface area contributed by atoms with Crippen molar-refractivity contribution in [3.05, 3.63) is 40.5 Å². The van der Waals surface area contributed by atoms with Crippen LogP contribution in [0.4, 0.5) is 0 Å². The third-order valence-corrected chi connectivity index (χ3v) is 3.04. The molecule has 0 amide bonds. The lowest BCUT2D eigenvalue weighted by Gasteiger charge is -2.11. The van der Waals surface area contributed by atoms with E-state index < -0.39 is 0 Å². The second kappa shape index (κ2) is 6.58. The van der Waals surface area contributed by atoms with E-state index in [-0.39, 0.29) is 6.61 Å². The third-order valence-electron chi connectivity index (χ3n) is 2.60. The van der Waals surface area contributed by atoms with Crippen molar-refractivity contribution in [2.45, 2.75) is 6.61 Å². The van der Waals surface area contributed by atoms with Crippen molar-refractivity contribution in [1.82, 2.24) is 4.98 Å². The summed E-state index contributed by atoms with van der Waals surface area (Å²) in [5.74, 6) is 2.08. The van der Waals surface area contributed by atoms with Crippen LogP contribution >= 0.6 is 15.9 Å². The number of halogens is 1. The maximum Gasteiger partial charge on any atom is 0.224 e. The Balaban J connectivity index is 2.34. The van der Waals surface area contributed by atoms with Gasteiger partial charge in [-0.3, -0.25) is 0 Å². The molecule has 0 bridgehead atoms. The smallest absolute Gasteiger partial charge is 0.224 e. The van der Waals surface area contributed by atoms with E-state index in [2.05, 4.69) is 20.9 Å². The molecular formula is C14H14BrNO4. The van der Waals surface area contributed by atoms with Gasteiger partial charge in [-0.2, -0.15) is 0 Å². The number of hydrogen-bond acceptors (Lipinski definition) is 5. The van der Waals surface area contributed by atoms with Gasteiger partial charge in [0.05, 0.1) is 20.8 Å². The molecule has 20 heavy (non-hydrogen) atoms. The highest BCUT2D eigenvalue weighted by Crippen LogP contribution is 2.31. The van der Waals surface area contributed by atoms with Crippen molar-refractivity contribution in [1.29, 1.82) is 0 Å². The minimum absolute atomic E-state index is 0.164. The SMILES string of the molecule is COc1cc(OC)cc(Oc2ncc(Br)cc2CO)c1. The van der Waals surface area contributed by atoms with Crippen LogP contribution < -0.4 is 14.2 Å².